The Hall–Kier alpha value is -2.06. The van der Waals surface area contributed by atoms with Crippen molar-refractivity contribution >= 4 is 31.6 Å². The summed E-state index contributed by atoms with van der Waals surface area (Å²) in [6, 6.07) is 0. The number of ketones is 2. The quantitative estimate of drug-likeness (QED) is 0.554. The molecule has 0 spiro atoms. The van der Waals surface area contributed by atoms with Crippen molar-refractivity contribution in [1.82, 2.24) is 9.80 Å². The first-order chi connectivity index (χ1) is 13.8. The molecule has 2 fully saturated rings. The molecule has 2 aliphatic rings. The molecule has 2 radical (unpaired) electrons. The zero-order valence-electron chi connectivity index (χ0n) is 19.6. The van der Waals surface area contributed by atoms with Crippen LogP contribution in [0.1, 0.15) is 67.2 Å². The van der Waals surface area contributed by atoms with Crippen LogP contribution < -0.4 is 0 Å². The second kappa shape index (κ2) is 12.6. The number of carbonyl (C=O) groups excluding carboxylic acids is 4. The van der Waals surface area contributed by atoms with Gasteiger partial charge in [0.1, 0.15) is 22.8 Å². The van der Waals surface area contributed by atoms with Crippen molar-refractivity contribution in [3.8, 4) is 0 Å². The maximum absolute atomic E-state index is 11.5. The van der Waals surface area contributed by atoms with Crippen molar-refractivity contribution in [2.75, 3.05) is 26.2 Å². The summed E-state index contributed by atoms with van der Waals surface area (Å²) in [5.74, 6) is 0.453. The normalized spacial score (nSPS) is 17.2. The summed E-state index contributed by atoms with van der Waals surface area (Å²) in [4.78, 5) is 48.1. The molecule has 170 valence electrons. The second-order valence-corrected chi connectivity index (χ2v) is 9.01. The zero-order chi connectivity index (χ0) is 23.5. The summed E-state index contributed by atoms with van der Waals surface area (Å²) in [5.41, 5.74) is -0.920. The lowest BCUT2D eigenvalue weighted by atomic mass is 10.1. The van der Waals surface area contributed by atoms with Crippen molar-refractivity contribution in [2.45, 2.75) is 85.3 Å². The van der Waals surface area contributed by atoms with Gasteiger partial charge < -0.3 is 19.3 Å². The molecule has 0 aromatic heterocycles. The summed E-state index contributed by atoms with van der Waals surface area (Å²) in [7, 11) is 4.50. The molecule has 0 N–H and O–H groups in total. The highest BCUT2D eigenvalue weighted by Gasteiger charge is 2.26. The number of piperidine rings is 2. The van der Waals surface area contributed by atoms with Gasteiger partial charge in [0, 0.05) is 51.9 Å². The van der Waals surface area contributed by atoms with E-state index >= 15 is 0 Å². The molecule has 8 nitrogen and oxygen atoms in total. The van der Waals surface area contributed by atoms with Crippen molar-refractivity contribution in [2.24, 2.45) is 0 Å². The summed E-state index contributed by atoms with van der Waals surface area (Å²) < 4.78 is 10.4. The minimum atomic E-state index is -0.460. The number of ether oxygens (including phenoxy) is 2. The molecule has 30 heavy (non-hydrogen) atoms. The van der Waals surface area contributed by atoms with Crippen LogP contribution in [0.3, 0.4) is 0 Å². The Bertz CT molecular complexity index is 523. The van der Waals surface area contributed by atoms with Gasteiger partial charge in [-0.1, -0.05) is 6.82 Å². The van der Waals surface area contributed by atoms with Crippen LogP contribution in [0.25, 0.3) is 0 Å². The Morgan fingerprint density at radius 3 is 1.10 bits per heavy atom. The van der Waals surface area contributed by atoms with E-state index < -0.39 is 11.2 Å². The average Bonchev–Trinajstić information content (AvgIpc) is 2.62. The third-order valence-corrected chi connectivity index (χ3v) is 3.95. The fourth-order valence-corrected chi connectivity index (χ4v) is 2.53. The van der Waals surface area contributed by atoms with Gasteiger partial charge in [0.25, 0.3) is 0 Å². The highest BCUT2D eigenvalue weighted by atomic mass is 16.6. The molecule has 0 unspecified atom stereocenters. The Morgan fingerprint density at radius 2 is 0.900 bits per heavy atom. The van der Waals surface area contributed by atoms with E-state index in [0.717, 1.165) is 0 Å². The molecule has 0 bridgehead atoms. The summed E-state index contributed by atoms with van der Waals surface area (Å²) in [5, 5.41) is 0. The highest BCUT2D eigenvalue weighted by molar-refractivity contribution is 6.05. The summed E-state index contributed by atoms with van der Waals surface area (Å²) in [6.07, 6.45) is 1.20. The molecule has 2 aliphatic heterocycles. The van der Waals surface area contributed by atoms with E-state index in [4.69, 9.17) is 9.47 Å². The Kier molecular flexibility index (Phi) is 11.7. The minimum absolute atomic E-state index is 0.227. The van der Waals surface area contributed by atoms with Crippen LogP contribution in [0.5, 0.6) is 0 Å². The number of amides is 2. The van der Waals surface area contributed by atoms with Crippen LogP contribution in [0.4, 0.5) is 9.59 Å². The Morgan fingerprint density at radius 1 is 0.667 bits per heavy atom. The number of likely N-dealkylation sites (tertiary alicyclic amines) is 2. The molecular formula is C21H37BN2O6. The topological polar surface area (TPSA) is 93.2 Å². The predicted molar refractivity (Wildman–Crippen MR) is 116 cm³/mol. The first-order valence-electron chi connectivity index (χ1n) is 10.3. The van der Waals surface area contributed by atoms with Crippen LogP contribution in [0.15, 0.2) is 0 Å². The van der Waals surface area contributed by atoms with Gasteiger partial charge in [-0.25, -0.2) is 9.59 Å². The van der Waals surface area contributed by atoms with E-state index in [2.05, 4.69) is 7.85 Å². The lowest BCUT2D eigenvalue weighted by molar-refractivity contribution is -0.122. The largest absolute Gasteiger partial charge is 0.444 e. The van der Waals surface area contributed by atoms with E-state index in [-0.39, 0.29) is 23.8 Å². The predicted octanol–water partition coefficient (Wildman–Crippen LogP) is 3.38. The number of Topliss-reactive ketones (excluding diaryl/α,β-unsaturated/α-hetero) is 2. The van der Waals surface area contributed by atoms with E-state index in [1.165, 1.54) is 6.82 Å². The molecule has 2 saturated heterocycles. The molecule has 0 atom stereocenters. The second-order valence-electron chi connectivity index (χ2n) is 9.01. The molecule has 2 rings (SSSR count). The number of hydrogen-bond donors (Lipinski definition) is 0. The standard InChI is InChI=1S/2C10H17NO3.CH3B/c2*1-10(2,3)14-9(13)11-6-4-8(12)5-7-11;1-2/h2*4-7H2,1-3H3;1H3. The van der Waals surface area contributed by atoms with E-state index in [1.54, 1.807) is 9.80 Å². The summed E-state index contributed by atoms with van der Waals surface area (Å²) >= 11 is 0. The van der Waals surface area contributed by atoms with E-state index in [9.17, 15) is 19.2 Å². The molecule has 9 heteroatoms. The molecule has 2 amide bonds. The number of hydrogen-bond acceptors (Lipinski definition) is 6. The maximum atomic E-state index is 11.5. The fraction of sp³-hybridized carbons (Fsp3) is 0.810. The van der Waals surface area contributed by atoms with Crippen molar-refractivity contribution in [1.29, 1.82) is 0 Å². The van der Waals surface area contributed by atoms with Gasteiger partial charge in [-0.3, -0.25) is 9.59 Å². The van der Waals surface area contributed by atoms with Crippen LogP contribution in [0.2, 0.25) is 6.82 Å². The highest BCUT2D eigenvalue weighted by Crippen LogP contribution is 2.14. The van der Waals surface area contributed by atoms with Gasteiger partial charge in [-0.2, -0.15) is 0 Å². The van der Waals surface area contributed by atoms with Gasteiger partial charge >= 0.3 is 12.2 Å². The van der Waals surface area contributed by atoms with Crippen LogP contribution >= 0.6 is 0 Å². The van der Waals surface area contributed by atoms with Gasteiger partial charge in [0.05, 0.1) is 7.85 Å². The molecule has 2 heterocycles. The number of carbonyl (C=O) groups is 4. The number of nitrogens with zero attached hydrogens (tertiary/aromatic N) is 2. The maximum Gasteiger partial charge on any atom is 0.410 e. The smallest absolute Gasteiger partial charge is 0.410 e. The lowest BCUT2D eigenvalue weighted by Crippen LogP contribution is -2.41. The molecule has 0 aromatic rings. The van der Waals surface area contributed by atoms with Crippen LogP contribution in [-0.2, 0) is 19.1 Å². The monoisotopic (exact) mass is 424 g/mol. The lowest BCUT2D eigenvalue weighted by Gasteiger charge is -2.29. The average molecular weight is 424 g/mol. The van der Waals surface area contributed by atoms with Gasteiger partial charge in [0.15, 0.2) is 0 Å². The van der Waals surface area contributed by atoms with Gasteiger partial charge in [-0.05, 0) is 41.5 Å². The Labute approximate surface area is 182 Å². The molecule has 0 saturated carbocycles. The van der Waals surface area contributed by atoms with E-state index in [0.29, 0.717) is 51.9 Å². The summed E-state index contributed by atoms with van der Waals surface area (Å²) in [6.45, 7) is 14.5. The zero-order valence-corrected chi connectivity index (χ0v) is 19.6. The third kappa shape index (κ3) is 12.5. The fourth-order valence-electron chi connectivity index (χ4n) is 2.53. The SMILES string of the molecule is CC(C)(C)OC(=O)N1CCC(=O)CC1.CC(C)(C)OC(=O)N1CCC(=O)CC1.[B]C. The molecule has 0 aliphatic carbocycles. The van der Waals surface area contributed by atoms with Crippen LogP contribution in [0, 0.1) is 0 Å². The van der Waals surface area contributed by atoms with Gasteiger partial charge in [-0.15, -0.1) is 0 Å². The van der Waals surface area contributed by atoms with Crippen LogP contribution in [-0.4, -0.2) is 78.8 Å². The number of rotatable bonds is 0. The van der Waals surface area contributed by atoms with Crippen molar-refractivity contribution in [3.63, 3.8) is 0 Å². The Balaban J connectivity index is 0.000000518. The first-order valence-corrected chi connectivity index (χ1v) is 10.3. The minimum Gasteiger partial charge on any atom is -0.444 e. The third-order valence-electron chi connectivity index (χ3n) is 3.95. The first kappa shape index (κ1) is 27.9. The van der Waals surface area contributed by atoms with Crippen molar-refractivity contribution in [3.05, 3.63) is 0 Å². The van der Waals surface area contributed by atoms with Crippen molar-refractivity contribution < 1.29 is 28.7 Å². The molecular weight excluding hydrogens is 387 g/mol. The van der Waals surface area contributed by atoms with Gasteiger partial charge in [0.2, 0.25) is 0 Å². The molecule has 0 aromatic carbocycles. The van der Waals surface area contributed by atoms with E-state index in [1.807, 2.05) is 41.5 Å².